The lowest BCUT2D eigenvalue weighted by molar-refractivity contribution is -0.891. The highest BCUT2D eigenvalue weighted by atomic mass is 79.9. The van der Waals surface area contributed by atoms with Gasteiger partial charge in [-0.15, -0.1) is 0 Å². The largest absolute Gasteiger partial charge is 1.00 e. The lowest BCUT2D eigenvalue weighted by atomic mass is 10.2. The van der Waals surface area contributed by atoms with Crippen LogP contribution in [0.25, 0.3) is 0 Å². The zero-order valence-corrected chi connectivity index (χ0v) is 11.4. The fourth-order valence-electron chi connectivity index (χ4n) is 2.19. The summed E-state index contributed by atoms with van der Waals surface area (Å²) in [4.78, 5) is 0. The summed E-state index contributed by atoms with van der Waals surface area (Å²) in [5.41, 5.74) is 0. The van der Waals surface area contributed by atoms with Crippen LogP contribution in [0.4, 0.5) is 0 Å². The molecule has 1 saturated heterocycles. The van der Waals surface area contributed by atoms with Gasteiger partial charge in [0.25, 0.3) is 0 Å². The fourth-order valence-corrected chi connectivity index (χ4v) is 2.19. The molecule has 86 valence electrons. The average molecular weight is 265 g/mol. The van der Waals surface area contributed by atoms with Crippen molar-refractivity contribution < 1.29 is 21.5 Å². The van der Waals surface area contributed by atoms with Crippen molar-refractivity contribution >= 4 is 0 Å². The summed E-state index contributed by atoms with van der Waals surface area (Å²) in [5.74, 6) is 0. The molecule has 0 aliphatic carbocycles. The van der Waals surface area contributed by atoms with Crippen molar-refractivity contribution in [3.8, 4) is 0 Å². The molecule has 2 nitrogen and oxygen atoms in total. The standard InChI is InChI=1S/C11H25N2.BrH/c1-4-5-9-13(2,3)10-11-7-6-8-12-11;/h11-12H,4-10H2,1-3H3;1H/q+1;/p-1/t11-;/m0./s1. The van der Waals surface area contributed by atoms with E-state index in [2.05, 4.69) is 26.3 Å². The van der Waals surface area contributed by atoms with Gasteiger partial charge in [0.05, 0.1) is 33.2 Å². The van der Waals surface area contributed by atoms with Crippen LogP contribution >= 0.6 is 0 Å². The van der Waals surface area contributed by atoms with Crippen LogP contribution in [0.1, 0.15) is 32.6 Å². The van der Waals surface area contributed by atoms with Crippen molar-refractivity contribution in [2.45, 2.75) is 38.6 Å². The van der Waals surface area contributed by atoms with Gasteiger partial charge in [-0.3, -0.25) is 0 Å². The number of likely N-dealkylation sites (N-methyl/N-ethyl adjacent to an activating group) is 1. The number of hydrogen-bond acceptors (Lipinski definition) is 1. The van der Waals surface area contributed by atoms with E-state index >= 15 is 0 Å². The molecular formula is C11H25BrN2. The molecule has 0 bridgehead atoms. The molecule has 1 aliphatic rings. The summed E-state index contributed by atoms with van der Waals surface area (Å²) in [6.07, 6.45) is 5.44. The van der Waals surface area contributed by atoms with E-state index in [0.29, 0.717) is 0 Å². The Morgan fingerprint density at radius 2 is 2.07 bits per heavy atom. The average Bonchev–Trinajstić information content (AvgIpc) is 2.52. The molecule has 0 amide bonds. The van der Waals surface area contributed by atoms with Crippen molar-refractivity contribution in [2.75, 3.05) is 33.7 Å². The molecule has 0 spiro atoms. The van der Waals surface area contributed by atoms with Crippen LogP contribution in [-0.4, -0.2) is 44.3 Å². The monoisotopic (exact) mass is 264 g/mol. The minimum Gasteiger partial charge on any atom is -1.00 e. The SMILES string of the molecule is CCCC[N+](C)(C)C[C@@H]1CCCN1.[Br-]. The Labute approximate surface area is 99.4 Å². The molecule has 1 fully saturated rings. The zero-order chi connectivity index (χ0) is 9.73. The number of nitrogens with one attached hydrogen (secondary N) is 1. The number of hydrogen-bond donors (Lipinski definition) is 1. The number of halogens is 1. The molecule has 1 heterocycles. The van der Waals surface area contributed by atoms with Gasteiger partial charge in [0, 0.05) is 0 Å². The van der Waals surface area contributed by atoms with E-state index < -0.39 is 0 Å². The van der Waals surface area contributed by atoms with Crippen LogP contribution in [0.5, 0.6) is 0 Å². The molecule has 0 aromatic heterocycles. The van der Waals surface area contributed by atoms with Crippen LogP contribution in [0, 0.1) is 0 Å². The first-order chi connectivity index (χ1) is 6.14. The van der Waals surface area contributed by atoms with E-state index in [1.54, 1.807) is 0 Å². The number of rotatable bonds is 5. The summed E-state index contributed by atoms with van der Waals surface area (Å²) in [6.45, 7) is 6.14. The summed E-state index contributed by atoms with van der Waals surface area (Å²) in [5, 5.41) is 3.57. The maximum atomic E-state index is 3.57. The summed E-state index contributed by atoms with van der Waals surface area (Å²) in [6, 6.07) is 0.784. The Bertz CT molecular complexity index is 142. The lowest BCUT2D eigenvalue weighted by Crippen LogP contribution is -3.00. The van der Waals surface area contributed by atoms with Crippen molar-refractivity contribution in [3.63, 3.8) is 0 Å². The molecule has 0 aromatic rings. The third-order valence-electron chi connectivity index (χ3n) is 2.99. The molecule has 1 rings (SSSR count). The topological polar surface area (TPSA) is 12.0 Å². The zero-order valence-electron chi connectivity index (χ0n) is 9.85. The van der Waals surface area contributed by atoms with Gasteiger partial charge in [-0.1, -0.05) is 13.3 Å². The van der Waals surface area contributed by atoms with E-state index in [1.807, 2.05) is 0 Å². The lowest BCUT2D eigenvalue weighted by Gasteiger charge is -2.32. The normalized spacial score (nSPS) is 22.1. The first kappa shape index (κ1) is 14.4. The minimum absolute atomic E-state index is 0. The van der Waals surface area contributed by atoms with Crippen LogP contribution in [0.3, 0.4) is 0 Å². The maximum Gasteiger partial charge on any atom is 0.0938 e. The molecule has 0 aromatic carbocycles. The van der Waals surface area contributed by atoms with Crippen molar-refractivity contribution in [1.29, 1.82) is 0 Å². The number of unbranched alkanes of at least 4 members (excludes halogenated alkanes) is 1. The van der Waals surface area contributed by atoms with E-state index in [1.165, 1.54) is 49.8 Å². The van der Waals surface area contributed by atoms with Gasteiger partial charge in [-0.25, -0.2) is 0 Å². The van der Waals surface area contributed by atoms with Gasteiger partial charge in [-0.2, -0.15) is 0 Å². The third kappa shape index (κ3) is 5.32. The highest BCUT2D eigenvalue weighted by Gasteiger charge is 2.23. The second-order valence-corrected chi connectivity index (χ2v) is 4.99. The molecule has 3 heteroatoms. The summed E-state index contributed by atoms with van der Waals surface area (Å²) < 4.78 is 1.19. The van der Waals surface area contributed by atoms with Crippen LogP contribution in [0.2, 0.25) is 0 Å². The molecule has 0 unspecified atom stereocenters. The van der Waals surface area contributed by atoms with E-state index in [4.69, 9.17) is 0 Å². The highest BCUT2D eigenvalue weighted by Crippen LogP contribution is 2.10. The summed E-state index contributed by atoms with van der Waals surface area (Å²) in [7, 11) is 4.71. The first-order valence-electron chi connectivity index (χ1n) is 5.69. The van der Waals surface area contributed by atoms with E-state index in [9.17, 15) is 0 Å². The van der Waals surface area contributed by atoms with Gasteiger partial charge >= 0.3 is 0 Å². The maximum absolute atomic E-state index is 3.57. The van der Waals surface area contributed by atoms with Crippen molar-refractivity contribution in [1.82, 2.24) is 5.32 Å². The molecule has 1 N–H and O–H groups in total. The minimum atomic E-state index is 0. The smallest absolute Gasteiger partial charge is 0.0938 e. The first-order valence-corrected chi connectivity index (χ1v) is 5.69. The van der Waals surface area contributed by atoms with E-state index in [-0.39, 0.29) is 17.0 Å². The van der Waals surface area contributed by atoms with Crippen LogP contribution < -0.4 is 22.3 Å². The predicted molar refractivity (Wildman–Crippen MR) is 57.8 cm³/mol. The van der Waals surface area contributed by atoms with Gasteiger partial charge in [0.1, 0.15) is 0 Å². The quantitative estimate of drug-likeness (QED) is 0.604. The van der Waals surface area contributed by atoms with Gasteiger partial charge in [-0.05, 0) is 25.8 Å². The van der Waals surface area contributed by atoms with Crippen molar-refractivity contribution in [3.05, 3.63) is 0 Å². The van der Waals surface area contributed by atoms with Crippen LogP contribution in [0.15, 0.2) is 0 Å². The molecular weight excluding hydrogens is 240 g/mol. The summed E-state index contributed by atoms with van der Waals surface area (Å²) >= 11 is 0. The Kier molecular flexibility index (Phi) is 7.00. The van der Waals surface area contributed by atoms with Gasteiger partial charge in [0.2, 0.25) is 0 Å². The Morgan fingerprint density at radius 3 is 2.57 bits per heavy atom. The molecule has 0 radical (unpaired) electrons. The van der Waals surface area contributed by atoms with Gasteiger partial charge < -0.3 is 26.8 Å². The third-order valence-corrected chi connectivity index (χ3v) is 2.99. The number of nitrogens with zero attached hydrogens (tertiary/aromatic N) is 1. The second kappa shape index (κ2) is 6.81. The Hall–Kier alpha value is 0.400. The molecule has 1 atom stereocenters. The molecule has 0 saturated carbocycles. The van der Waals surface area contributed by atoms with Crippen molar-refractivity contribution in [2.24, 2.45) is 0 Å². The molecule has 1 aliphatic heterocycles. The van der Waals surface area contributed by atoms with E-state index in [0.717, 1.165) is 6.04 Å². The Balaban J connectivity index is 0.00000169. The molecule has 14 heavy (non-hydrogen) atoms. The predicted octanol–water partition coefficient (Wildman–Crippen LogP) is -1.38. The highest BCUT2D eigenvalue weighted by molar-refractivity contribution is 4.73. The van der Waals surface area contributed by atoms with Crippen LogP contribution in [-0.2, 0) is 0 Å². The second-order valence-electron chi connectivity index (χ2n) is 4.99. The fraction of sp³-hybridized carbons (Fsp3) is 1.00. The van der Waals surface area contributed by atoms with Gasteiger partial charge in [0.15, 0.2) is 0 Å². The Morgan fingerprint density at radius 1 is 1.36 bits per heavy atom. The number of quaternary nitrogens is 1.